The minimum atomic E-state index is -1.05. The molecule has 4 heteroatoms. The summed E-state index contributed by atoms with van der Waals surface area (Å²) < 4.78 is 1.26. The monoisotopic (exact) mass is 191 g/mol. The molecule has 0 fully saturated rings. The molecule has 72 valence electrons. The summed E-state index contributed by atoms with van der Waals surface area (Å²) in [5, 5.41) is 8.67. The Morgan fingerprint density at radius 1 is 1.57 bits per heavy atom. The second kappa shape index (κ2) is 4.28. The largest absolute Gasteiger partial charge is 0.478 e. The summed E-state index contributed by atoms with van der Waals surface area (Å²) in [7, 11) is 0. The van der Waals surface area contributed by atoms with Crippen molar-refractivity contribution in [3.05, 3.63) is 34.2 Å². The smallest absolute Gasteiger partial charge is 0.337 e. The molecule has 0 atom stereocenters. The molecule has 0 saturated carbocycles. The normalized spacial score (nSPS) is 8.93. The molecule has 0 spiro atoms. The summed E-state index contributed by atoms with van der Waals surface area (Å²) in [6.45, 7) is 1.88. The van der Waals surface area contributed by atoms with Gasteiger partial charge in [-0.15, -0.1) is 5.92 Å². The van der Waals surface area contributed by atoms with E-state index in [4.69, 9.17) is 5.11 Å². The Balaban J connectivity index is 3.12. The molecule has 1 aromatic heterocycles. The maximum absolute atomic E-state index is 11.2. The van der Waals surface area contributed by atoms with Gasteiger partial charge in [0.25, 0.3) is 5.56 Å². The Morgan fingerprint density at radius 2 is 2.29 bits per heavy atom. The number of hydrogen-bond donors (Lipinski definition) is 1. The molecule has 1 heterocycles. The van der Waals surface area contributed by atoms with Crippen LogP contribution in [-0.4, -0.2) is 15.6 Å². The first-order valence-electron chi connectivity index (χ1n) is 3.98. The van der Waals surface area contributed by atoms with Gasteiger partial charge in [0, 0.05) is 12.3 Å². The number of aromatic carboxylic acids is 1. The van der Waals surface area contributed by atoms with E-state index in [1.54, 1.807) is 6.92 Å². The van der Waals surface area contributed by atoms with Crippen LogP contribution in [0, 0.1) is 11.8 Å². The SMILES string of the molecule is CC#CCn1cc(C(=O)O)ccc1=O. The molecule has 0 aliphatic heterocycles. The maximum atomic E-state index is 11.2. The van der Waals surface area contributed by atoms with Gasteiger partial charge < -0.3 is 9.67 Å². The summed E-state index contributed by atoms with van der Waals surface area (Å²) in [6, 6.07) is 2.50. The topological polar surface area (TPSA) is 59.3 Å². The van der Waals surface area contributed by atoms with Crippen molar-refractivity contribution in [2.75, 3.05) is 0 Å². The number of hydrogen-bond acceptors (Lipinski definition) is 2. The van der Waals surface area contributed by atoms with Crippen molar-refractivity contribution >= 4 is 5.97 Å². The van der Waals surface area contributed by atoms with E-state index in [0.29, 0.717) is 0 Å². The molecule has 14 heavy (non-hydrogen) atoms. The van der Waals surface area contributed by atoms with Crippen LogP contribution >= 0.6 is 0 Å². The molecule has 0 aliphatic rings. The van der Waals surface area contributed by atoms with Gasteiger partial charge in [-0.05, 0) is 13.0 Å². The van der Waals surface area contributed by atoms with Crippen molar-refractivity contribution < 1.29 is 9.90 Å². The highest BCUT2D eigenvalue weighted by atomic mass is 16.4. The lowest BCUT2D eigenvalue weighted by Gasteiger charge is -2.00. The molecular formula is C10H9NO3. The Kier molecular flexibility index (Phi) is 3.08. The fraction of sp³-hybridized carbons (Fsp3) is 0.200. The van der Waals surface area contributed by atoms with E-state index in [0.717, 1.165) is 0 Å². The van der Waals surface area contributed by atoms with Crippen molar-refractivity contribution in [2.45, 2.75) is 13.5 Å². The van der Waals surface area contributed by atoms with Gasteiger partial charge in [-0.25, -0.2) is 4.79 Å². The Bertz CT molecular complexity index is 462. The third-order valence-corrected chi connectivity index (χ3v) is 1.66. The summed E-state index contributed by atoms with van der Waals surface area (Å²) in [6.07, 6.45) is 1.29. The van der Waals surface area contributed by atoms with Crippen LogP contribution in [0.15, 0.2) is 23.1 Å². The highest BCUT2D eigenvalue weighted by Gasteiger charge is 2.03. The molecule has 0 unspecified atom stereocenters. The van der Waals surface area contributed by atoms with Crippen molar-refractivity contribution in [3.8, 4) is 11.8 Å². The van der Waals surface area contributed by atoms with E-state index in [-0.39, 0.29) is 17.7 Å². The van der Waals surface area contributed by atoms with Crippen LogP contribution in [0.4, 0.5) is 0 Å². The Labute approximate surface area is 80.8 Å². The average molecular weight is 191 g/mol. The van der Waals surface area contributed by atoms with Crippen molar-refractivity contribution in [3.63, 3.8) is 0 Å². The molecule has 1 N–H and O–H groups in total. The highest BCUT2D eigenvalue weighted by Crippen LogP contribution is 1.94. The third-order valence-electron chi connectivity index (χ3n) is 1.66. The fourth-order valence-corrected chi connectivity index (χ4v) is 0.946. The lowest BCUT2D eigenvalue weighted by Crippen LogP contribution is -2.19. The number of carbonyl (C=O) groups is 1. The molecule has 0 saturated heterocycles. The molecule has 0 aromatic carbocycles. The fourth-order valence-electron chi connectivity index (χ4n) is 0.946. The zero-order valence-electron chi connectivity index (χ0n) is 7.65. The van der Waals surface area contributed by atoms with Crippen LogP contribution in [0.3, 0.4) is 0 Å². The molecule has 0 radical (unpaired) electrons. The minimum Gasteiger partial charge on any atom is -0.478 e. The van der Waals surface area contributed by atoms with Crippen LogP contribution in [-0.2, 0) is 6.54 Å². The summed E-state index contributed by atoms with van der Waals surface area (Å²) >= 11 is 0. The van der Waals surface area contributed by atoms with Gasteiger partial charge in [0.15, 0.2) is 0 Å². The molecule has 1 rings (SSSR count). The van der Waals surface area contributed by atoms with Crippen LogP contribution in [0.5, 0.6) is 0 Å². The first kappa shape index (κ1) is 10.1. The molecule has 4 nitrogen and oxygen atoms in total. The van der Waals surface area contributed by atoms with Gasteiger partial charge in [-0.3, -0.25) is 4.79 Å². The molecule has 0 bridgehead atoms. The van der Waals surface area contributed by atoms with E-state index >= 15 is 0 Å². The second-order valence-corrected chi connectivity index (χ2v) is 2.62. The van der Waals surface area contributed by atoms with Gasteiger partial charge in [0.05, 0.1) is 12.1 Å². The number of carboxylic acids is 1. The van der Waals surface area contributed by atoms with E-state index in [9.17, 15) is 9.59 Å². The van der Waals surface area contributed by atoms with E-state index in [1.807, 2.05) is 0 Å². The average Bonchev–Trinajstić information content (AvgIpc) is 2.16. The molecule has 0 aliphatic carbocycles. The lowest BCUT2D eigenvalue weighted by molar-refractivity contribution is 0.0696. The van der Waals surface area contributed by atoms with Gasteiger partial charge in [0.1, 0.15) is 0 Å². The quantitative estimate of drug-likeness (QED) is 0.695. The van der Waals surface area contributed by atoms with Gasteiger partial charge in [-0.1, -0.05) is 5.92 Å². The van der Waals surface area contributed by atoms with Crippen LogP contribution in [0.2, 0.25) is 0 Å². The van der Waals surface area contributed by atoms with Crippen LogP contribution < -0.4 is 5.56 Å². The Morgan fingerprint density at radius 3 is 2.86 bits per heavy atom. The maximum Gasteiger partial charge on any atom is 0.337 e. The van der Waals surface area contributed by atoms with Crippen molar-refractivity contribution in [2.24, 2.45) is 0 Å². The molecule has 0 amide bonds. The first-order valence-corrected chi connectivity index (χ1v) is 3.98. The zero-order valence-corrected chi connectivity index (χ0v) is 7.65. The van der Waals surface area contributed by atoms with E-state index < -0.39 is 5.97 Å². The third kappa shape index (κ3) is 2.23. The number of pyridine rings is 1. The van der Waals surface area contributed by atoms with Gasteiger partial charge >= 0.3 is 5.97 Å². The van der Waals surface area contributed by atoms with Gasteiger partial charge in [0.2, 0.25) is 0 Å². The van der Waals surface area contributed by atoms with Crippen LogP contribution in [0.25, 0.3) is 0 Å². The highest BCUT2D eigenvalue weighted by molar-refractivity contribution is 5.87. The first-order chi connectivity index (χ1) is 6.65. The van der Waals surface area contributed by atoms with E-state index in [1.165, 1.54) is 22.9 Å². The van der Waals surface area contributed by atoms with Gasteiger partial charge in [-0.2, -0.15) is 0 Å². The summed E-state index contributed by atoms with van der Waals surface area (Å²) in [4.78, 5) is 21.8. The van der Waals surface area contributed by atoms with Crippen molar-refractivity contribution in [1.82, 2.24) is 4.57 Å². The number of rotatable bonds is 2. The minimum absolute atomic E-state index is 0.0857. The summed E-state index contributed by atoms with van der Waals surface area (Å²) in [5.41, 5.74) is -0.166. The van der Waals surface area contributed by atoms with E-state index in [2.05, 4.69) is 11.8 Å². The predicted molar refractivity (Wildman–Crippen MR) is 51.1 cm³/mol. The number of carboxylic acid groups (broad SMARTS) is 1. The standard InChI is InChI=1S/C10H9NO3/c1-2-3-6-11-7-8(10(13)14)4-5-9(11)12/h4-5,7H,6H2,1H3,(H,13,14). The lowest BCUT2D eigenvalue weighted by atomic mass is 10.3. The number of aromatic nitrogens is 1. The molecular weight excluding hydrogens is 182 g/mol. The van der Waals surface area contributed by atoms with Crippen LogP contribution in [0.1, 0.15) is 17.3 Å². The predicted octanol–water partition coefficient (Wildman–Crippen LogP) is 0.570. The van der Waals surface area contributed by atoms with Crippen molar-refractivity contribution in [1.29, 1.82) is 0 Å². The second-order valence-electron chi connectivity index (χ2n) is 2.62. The number of nitrogens with zero attached hydrogens (tertiary/aromatic N) is 1. The zero-order chi connectivity index (χ0) is 10.6. The molecule has 1 aromatic rings. The Hall–Kier alpha value is -2.02. The summed E-state index contributed by atoms with van der Waals surface area (Å²) in [5.74, 6) is 4.27.